The van der Waals surface area contributed by atoms with Crippen LogP contribution in [0, 0.1) is 17.6 Å². The van der Waals surface area contributed by atoms with E-state index in [1.54, 1.807) is 0 Å². The molecule has 1 fully saturated rings. The SMILES string of the molecule is Cl.NCC1CCN(S(=O)(=O)c2cc(F)ccc2F)CC1. The van der Waals surface area contributed by atoms with E-state index in [0.717, 1.165) is 18.2 Å². The van der Waals surface area contributed by atoms with Gasteiger partial charge in [-0.25, -0.2) is 17.2 Å². The molecule has 20 heavy (non-hydrogen) atoms. The van der Waals surface area contributed by atoms with Gasteiger partial charge in [0.15, 0.2) is 0 Å². The largest absolute Gasteiger partial charge is 0.330 e. The van der Waals surface area contributed by atoms with Crippen molar-refractivity contribution in [1.29, 1.82) is 0 Å². The van der Waals surface area contributed by atoms with Crippen molar-refractivity contribution in [2.45, 2.75) is 17.7 Å². The molecule has 1 aliphatic heterocycles. The number of nitrogens with two attached hydrogens (primary N) is 1. The van der Waals surface area contributed by atoms with Gasteiger partial charge in [-0.3, -0.25) is 0 Å². The molecular weight excluding hydrogens is 310 g/mol. The van der Waals surface area contributed by atoms with E-state index >= 15 is 0 Å². The summed E-state index contributed by atoms with van der Waals surface area (Å²) in [6.45, 7) is 1.10. The normalized spacial score (nSPS) is 17.8. The zero-order chi connectivity index (χ0) is 14.0. The summed E-state index contributed by atoms with van der Waals surface area (Å²) >= 11 is 0. The summed E-state index contributed by atoms with van der Waals surface area (Å²) in [6, 6.07) is 2.45. The molecule has 0 atom stereocenters. The van der Waals surface area contributed by atoms with Crippen LogP contribution < -0.4 is 5.73 Å². The van der Waals surface area contributed by atoms with E-state index < -0.39 is 26.6 Å². The molecule has 1 saturated heterocycles. The van der Waals surface area contributed by atoms with Gasteiger partial charge >= 0.3 is 0 Å². The van der Waals surface area contributed by atoms with Gasteiger partial charge in [0.05, 0.1) is 0 Å². The molecule has 2 rings (SSSR count). The van der Waals surface area contributed by atoms with Crippen LogP contribution in [-0.4, -0.2) is 32.4 Å². The molecule has 0 unspecified atom stereocenters. The first-order chi connectivity index (χ1) is 8.95. The number of nitrogens with zero attached hydrogens (tertiary/aromatic N) is 1. The highest BCUT2D eigenvalue weighted by Gasteiger charge is 2.31. The molecular formula is C12H17ClF2N2O2S. The van der Waals surface area contributed by atoms with Crippen molar-refractivity contribution in [3.8, 4) is 0 Å². The fraction of sp³-hybridized carbons (Fsp3) is 0.500. The Morgan fingerprint density at radius 2 is 1.85 bits per heavy atom. The lowest BCUT2D eigenvalue weighted by Crippen LogP contribution is -2.40. The summed E-state index contributed by atoms with van der Waals surface area (Å²) in [5, 5.41) is 0. The Bertz CT molecular complexity index is 561. The number of sulfonamides is 1. The third-order valence-corrected chi connectivity index (χ3v) is 5.33. The smallest absolute Gasteiger partial charge is 0.246 e. The van der Waals surface area contributed by atoms with Gasteiger partial charge in [-0.1, -0.05) is 0 Å². The lowest BCUT2D eigenvalue weighted by Gasteiger charge is -2.30. The third kappa shape index (κ3) is 3.46. The second kappa shape index (κ2) is 6.80. The Morgan fingerprint density at radius 3 is 2.40 bits per heavy atom. The van der Waals surface area contributed by atoms with Gasteiger partial charge in [-0.2, -0.15) is 4.31 Å². The molecule has 1 aromatic carbocycles. The molecule has 114 valence electrons. The molecule has 1 aliphatic rings. The molecule has 0 bridgehead atoms. The first-order valence-electron chi connectivity index (χ1n) is 6.10. The van der Waals surface area contributed by atoms with Crippen molar-refractivity contribution in [1.82, 2.24) is 4.31 Å². The Morgan fingerprint density at radius 1 is 1.25 bits per heavy atom. The van der Waals surface area contributed by atoms with Crippen LogP contribution in [0.2, 0.25) is 0 Å². The molecule has 0 radical (unpaired) electrons. The standard InChI is InChI=1S/C12H16F2N2O2S.ClH/c13-10-1-2-11(14)12(7-10)19(17,18)16-5-3-9(8-15)4-6-16;/h1-2,7,9H,3-6,8,15H2;1H. The van der Waals surface area contributed by atoms with Crippen LogP contribution >= 0.6 is 12.4 Å². The number of hydrogen-bond acceptors (Lipinski definition) is 3. The summed E-state index contributed by atoms with van der Waals surface area (Å²) < 4.78 is 52.3. The maximum Gasteiger partial charge on any atom is 0.246 e. The number of hydrogen-bond donors (Lipinski definition) is 1. The van der Waals surface area contributed by atoms with E-state index in [2.05, 4.69) is 0 Å². The van der Waals surface area contributed by atoms with Crippen molar-refractivity contribution >= 4 is 22.4 Å². The molecule has 0 spiro atoms. The van der Waals surface area contributed by atoms with E-state index in [1.165, 1.54) is 4.31 Å². The molecule has 0 aromatic heterocycles. The number of benzene rings is 1. The highest BCUT2D eigenvalue weighted by atomic mass is 35.5. The number of halogens is 3. The predicted molar refractivity (Wildman–Crippen MR) is 74.1 cm³/mol. The quantitative estimate of drug-likeness (QED) is 0.920. The highest BCUT2D eigenvalue weighted by molar-refractivity contribution is 7.89. The first-order valence-corrected chi connectivity index (χ1v) is 7.54. The van der Waals surface area contributed by atoms with E-state index in [0.29, 0.717) is 38.4 Å². The molecule has 4 nitrogen and oxygen atoms in total. The summed E-state index contributed by atoms with van der Waals surface area (Å²) in [6.07, 6.45) is 1.29. The van der Waals surface area contributed by atoms with Gasteiger partial charge in [0.2, 0.25) is 10.0 Å². The van der Waals surface area contributed by atoms with Gasteiger partial charge in [0, 0.05) is 13.1 Å². The van der Waals surface area contributed by atoms with E-state index in [-0.39, 0.29) is 12.4 Å². The van der Waals surface area contributed by atoms with E-state index in [4.69, 9.17) is 5.73 Å². The summed E-state index contributed by atoms with van der Waals surface area (Å²) in [7, 11) is -3.97. The average Bonchev–Trinajstić information content (AvgIpc) is 2.41. The first kappa shape index (κ1) is 17.3. The maximum absolute atomic E-state index is 13.6. The second-order valence-corrected chi connectivity index (χ2v) is 6.56. The van der Waals surface area contributed by atoms with E-state index in [1.807, 2.05) is 0 Å². The number of rotatable bonds is 3. The third-order valence-electron chi connectivity index (χ3n) is 3.42. The fourth-order valence-corrected chi connectivity index (χ4v) is 3.74. The zero-order valence-electron chi connectivity index (χ0n) is 10.8. The van der Waals surface area contributed by atoms with Crippen molar-refractivity contribution < 1.29 is 17.2 Å². The van der Waals surface area contributed by atoms with Crippen LogP contribution in [0.15, 0.2) is 23.1 Å². The Kier molecular flexibility index (Phi) is 5.88. The van der Waals surface area contributed by atoms with Gasteiger partial charge < -0.3 is 5.73 Å². The average molecular weight is 327 g/mol. The Hall–Kier alpha value is -0.760. The van der Waals surface area contributed by atoms with E-state index in [9.17, 15) is 17.2 Å². The minimum atomic E-state index is -3.97. The van der Waals surface area contributed by atoms with Crippen LogP contribution in [0.4, 0.5) is 8.78 Å². The van der Waals surface area contributed by atoms with Crippen molar-refractivity contribution in [2.24, 2.45) is 11.7 Å². The minimum Gasteiger partial charge on any atom is -0.330 e. The highest BCUT2D eigenvalue weighted by Crippen LogP contribution is 2.25. The summed E-state index contributed by atoms with van der Waals surface area (Å²) in [5.41, 5.74) is 5.54. The zero-order valence-corrected chi connectivity index (χ0v) is 12.4. The van der Waals surface area contributed by atoms with Crippen LogP contribution in [0.1, 0.15) is 12.8 Å². The Labute approximate surface area is 123 Å². The van der Waals surface area contributed by atoms with Crippen LogP contribution in [0.5, 0.6) is 0 Å². The fourth-order valence-electron chi connectivity index (χ4n) is 2.20. The monoisotopic (exact) mass is 326 g/mol. The second-order valence-electron chi connectivity index (χ2n) is 4.66. The number of piperidine rings is 1. The molecule has 1 aromatic rings. The molecule has 0 aliphatic carbocycles. The van der Waals surface area contributed by atoms with Crippen LogP contribution in [0.3, 0.4) is 0 Å². The van der Waals surface area contributed by atoms with Gasteiger partial charge in [0.25, 0.3) is 0 Å². The predicted octanol–water partition coefficient (Wildman–Crippen LogP) is 1.75. The van der Waals surface area contributed by atoms with Crippen LogP contribution in [-0.2, 0) is 10.0 Å². The minimum absolute atomic E-state index is 0. The Balaban J connectivity index is 0.00000200. The lowest BCUT2D eigenvalue weighted by molar-refractivity contribution is 0.277. The topological polar surface area (TPSA) is 63.4 Å². The molecule has 2 N–H and O–H groups in total. The molecule has 8 heteroatoms. The molecule has 0 amide bonds. The molecule has 1 heterocycles. The summed E-state index contributed by atoms with van der Waals surface area (Å²) in [5.74, 6) is -1.40. The van der Waals surface area contributed by atoms with Crippen molar-refractivity contribution in [3.63, 3.8) is 0 Å². The molecule has 0 saturated carbocycles. The van der Waals surface area contributed by atoms with Crippen molar-refractivity contribution in [3.05, 3.63) is 29.8 Å². The van der Waals surface area contributed by atoms with Crippen molar-refractivity contribution in [2.75, 3.05) is 19.6 Å². The van der Waals surface area contributed by atoms with Gasteiger partial charge in [-0.05, 0) is 43.5 Å². The maximum atomic E-state index is 13.6. The van der Waals surface area contributed by atoms with Gasteiger partial charge in [0.1, 0.15) is 16.5 Å². The van der Waals surface area contributed by atoms with Crippen LogP contribution in [0.25, 0.3) is 0 Å². The summed E-state index contributed by atoms with van der Waals surface area (Å²) in [4.78, 5) is -0.598. The van der Waals surface area contributed by atoms with Gasteiger partial charge in [-0.15, -0.1) is 12.4 Å². The lowest BCUT2D eigenvalue weighted by atomic mass is 9.99.